The average Bonchev–Trinajstić information content (AvgIpc) is 2.92. The first-order chi connectivity index (χ1) is 9.86. The minimum absolute atomic E-state index is 0.0335. The Labute approximate surface area is 118 Å². The van der Waals surface area contributed by atoms with Gasteiger partial charge in [-0.25, -0.2) is 0 Å². The summed E-state index contributed by atoms with van der Waals surface area (Å²) in [5.41, 5.74) is 1.72. The smallest absolute Gasteiger partial charge is 0.272 e. The number of nitrogens with zero attached hydrogens (tertiary/aromatic N) is 3. The van der Waals surface area contributed by atoms with Crippen molar-refractivity contribution in [2.75, 3.05) is 6.54 Å². The normalized spacial score (nSPS) is 19.6. The molecule has 0 aromatic carbocycles. The second kappa shape index (κ2) is 5.86. The van der Waals surface area contributed by atoms with Crippen LogP contribution >= 0.6 is 0 Å². The number of H-pyrrole nitrogens is 1. The molecule has 1 N–H and O–H groups in total. The van der Waals surface area contributed by atoms with Crippen LogP contribution in [0.1, 0.15) is 47.8 Å². The highest BCUT2D eigenvalue weighted by Gasteiger charge is 2.28. The van der Waals surface area contributed by atoms with Crippen molar-refractivity contribution < 1.29 is 4.79 Å². The summed E-state index contributed by atoms with van der Waals surface area (Å²) in [6, 6.07) is 5.87. The summed E-state index contributed by atoms with van der Waals surface area (Å²) in [7, 11) is 0. The summed E-state index contributed by atoms with van der Waals surface area (Å²) in [6.45, 7) is 0.796. The second-order valence-corrected chi connectivity index (χ2v) is 5.11. The van der Waals surface area contributed by atoms with Crippen LogP contribution in [0.5, 0.6) is 0 Å². The lowest BCUT2D eigenvalue weighted by Gasteiger charge is -2.30. The average molecular weight is 270 g/mol. The highest BCUT2D eigenvalue weighted by Crippen LogP contribution is 2.30. The van der Waals surface area contributed by atoms with Crippen LogP contribution in [0.4, 0.5) is 0 Å². The maximum atomic E-state index is 12.6. The number of nitrogens with one attached hydrogen (secondary N) is 1. The SMILES string of the molecule is O=C(c1ccn[nH]1)N1CCCCC[C@H]1c1ccncc1. The number of hydrogen-bond donors (Lipinski definition) is 1. The molecule has 3 heterocycles. The van der Waals surface area contributed by atoms with E-state index in [2.05, 4.69) is 15.2 Å². The van der Waals surface area contributed by atoms with Gasteiger partial charge in [-0.2, -0.15) is 5.10 Å². The zero-order valence-electron chi connectivity index (χ0n) is 11.3. The summed E-state index contributed by atoms with van der Waals surface area (Å²) in [5, 5.41) is 6.65. The van der Waals surface area contributed by atoms with E-state index in [9.17, 15) is 4.79 Å². The van der Waals surface area contributed by atoms with Gasteiger partial charge < -0.3 is 4.90 Å². The molecule has 1 aliphatic rings. The Morgan fingerprint density at radius 1 is 1.15 bits per heavy atom. The first kappa shape index (κ1) is 12.8. The molecule has 0 unspecified atom stereocenters. The van der Waals surface area contributed by atoms with Gasteiger partial charge in [0.2, 0.25) is 0 Å². The van der Waals surface area contributed by atoms with Crippen molar-refractivity contribution in [3.8, 4) is 0 Å². The Kier molecular flexibility index (Phi) is 3.76. The third-order valence-electron chi connectivity index (χ3n) is 3.84. The number of hydrogen-bond acceptors (Lipinski definition) is 3. The number of rotatable bonds is 2. The lowest BCUT2D eigenvalue weighted by molar-refractivity contribution is 0.0674. The third-order valence-corrected chi connectivity index (χ3v) is 3.84. The van der Waals surface area contributed by atoms with Gasteiger partial charge in [-0.05, 0) is 36.6 Å². The summed E-state index contributed by atoms with van der Waals surface area (Å²) in [4.78, 5) is 18.7. The van der Waals surface area contributed by atoms with Crippen LogP contribution < -0.4 is 0 Å². The molecule has 1 fully saturated rings. The fourth-order valence-corrected chi connectivity index (χ4v) is 2.81. The van der Waals surface area contributed by atoms with E-state index >= 15 is 0 Å². The Morgan fingerprint density at radius 3 is 2.75 bits per heavy atom. The minimum Gasteiger partial charge on any atom is -0.330 e. The van der Waals surface area contributed by atoms with Crippen LogP contribution in [0, 0.1) is 0 Å². The number of pyridine rings is 1. The first-order valence-electron chi connectivity index (χ1n) is 7.06. The maximum Gasteiger partial charge on any atom is 0.272 e. The van der Waals surface area contributed by atoms with E-state index in [-0.39, 0.29) is 11.9 Å². The van der Waals surface area contributed by atoms with Crippen LogP contribution in [0.2, 0.25) is 0 Å². The molecule has 5 nitrogen and oxygen atoms in total. The molecule has 104 valence electrons. The number of carbonyl (C=O) groups excluding carboxylic acids is 1. The van der Waals surface area contributed by atoms with Crippen molar-refractivity contribution in [2.24, 2.45) is 0 Å². The van der Waals surface area contributed by atoms with E-state index in [0.29, 0.717) is 5.69 Å². The number of likely N-dealkylation sites (tertiary alicyclic amines) is 1. The number of aromatic amines is 1. The van der Waals surface area contributed by atoms with Gasteiger partial charge >= 0.3 is 0 Å². The van der Waals surface area contributed by atoms with Crippen LogP contribution in [0.25, 0.3) is 0 Å². The molecule has 1 aliphatic heterocycles. The van der Waals surface area contributed by atoms with E-state index < -0.39 is 0 Å². The Hall–Kier alpha value is -2.17. The van der Waals surface area contributed by atoms with Gasteiger partial charge in [0.05, 0.1) is 6.04 Å². The summed E-state index contributed by atoms with van der Waals surface area (Å²) in [5.74, 6) is 0.0335. The van der Waals surface area contributed by atoms with Crippen LogP contribution in [-0.4, -0.2) is 32.5 Å². The van der Waals surface area contributed by atoms with Crippen molar-refractivity contribution in [1.82, 2.24) is 20.1 Å². The van der Waals surface area contributed by atoms with Crippen molar-refractivity contribution >= 4 is 5.91 Å². The predicted molar refractivity (Wildman–Crippen MR) is 75.1 cm³/mol. The van der Waals surface area contributed by atoms with Gasteiger partial charge in [-0.15, -0.1) is 0 Å². The number of aromatic nitrogens is 3. The molecule has 2 aromatic rings. The molecule has 1 atom stereocenters. The molecule has 5 heteroatoms. The van der Waals surface area contributed by atoms with Gasteiger partial charge in [-0.1, -0.05) is 12.8 Å². The molecule has 2 aromatic heterocycles. The minimum atomic E-state index is 0.0335. The molecule has 3 rings (SSSR count). The summed E-state index contributed by atoms with van der Waals surface area (Å²) < 4.78 is 0. The molecule has 1 saturated heterocycles. The molecule has 0 spiro atoms. The number of amides is 1. The highest BCUT2D eigenvalue weighted by atomic mass is 16.2. The van der Waals surface area contributed by atoms with Crippen molar-refractivity contribution in [3.63, 3.8) is 0 Å². The standard InChI is InChI=1S/C15H18N4O/c20-15(13-7-10-17-18-13)19-11-3-1-2-4-14(19)12-5-8-16-9-6-12/h5-10,14H,1-4,11H2,(H,17,18)/t14-/m0/s1. The van der Waals surface area contributed by atoms with Gasteiger partial charge in [0.15, 0.2) is 0 Å². The van der Waals surface area contributed by atoms with E-state index in [1.54, 1.807) is 24.7 Å². The molecule has 0 bridgehead atoms. The lowest BCUT2D eigenvalue weighted by Crippen LogP contribution is -2.35. The van der Waals surface area contributed by atoms with Gasteiger partial charge in [0, 0.05) is 25.1 Å². The first-order valence-corrected chi connectivity index (χ1v) is 7.06. The van der Waals surface area contributed by atoms with E-state index in [0.717, 1.165) is 31.4 Å². The largest absolute Gasteiger partial charge is 0.330 e. The molecule has 0 aliphatic carbocycles. The predicted octanol–water partition coefficient (Wildman–Crippen LogP) is 2.56. The molecule has 20 heavy (non-hydrogen) atoms. The summed E-state index contributed by atoms with van der Waals surface area (Å²) in [6.07, 6.45) is 9.59. The van der Waals surface area contributed by atoms with E-state index in [4.69, 9.17) is 0 Å². The zero-order valence-corrected chi connectivity index (χ0v) is 11.3. The zero-order chi connectivity index (χ0) is 13.8. The van der Waals surface area contributed by atoms with Crippen LogP contribution in [0.3, 0.4) is 0 Å². The second-order valence-electron chi connectivity index (χ2n) is 5.11. The van der Waals surface area contributed by atoms with Crippen molar-refractivity contribution in [3.05, 3.63) is 48.0 Å². The van der Waals surface area contributed by atoms with Gasteiger partial charge in [0.1, 0.15) is 5.69 Å². The summed E-state index contributed by atoms with van der Waals surface area (Å²) >= 11 is 0. The molecule has 0 saturated carbocycles. The Bertz CT molecular complexity index is 553. The quantitative estimate of drug-likeness (QED) is 0.912. The molecular formula is C15H18N4O. The van der Waals surface area contributed by atoms with Crippen LogP contribution in [0.15, 0.2) is 36.8 Å². The highest BCUT2D eigenvalue weighted by molar-refractivity contribution is 5.92. The van der Waals surface area contributed by atoms with E-state index in [1.165, 1.54) is 6.42 Å². The molecule has 1 amide bonds. The van der Waals surface area contributed by atoms with E-state index in [1.807, 2.05) is 17.0 Å². The van der Waals surface area contributed by atoms with Gasteiger partial charge in [0.25, 0.3) is 5.91 Å². The topological polar surface area (TPSA) is 61.9 Å². The Balaban J connectivity index is 1.90. The fraction of sp³-hybridized carbons (Fsp3) is 0.400. The molecular weight excluding hydrogens is 252 g/mol. The fourth-order valence-electron chi connectivity index (χ4n) is 2.81. The van der Waals surface area contributed by atoms with Crippen LogP contribution in [-0.2, 0) is 0 Å². The maximum absolute atomic E-state index is 12.6. The van der Waals surface area contributed by atoms with Crippen molar-refractivity contribution in [2.45, 2.75) is 31.7 Å². The monoisotopic (exact) mass is 270 g/mol. The lowest BCUT2D eigenvalue weighted by atomic mass is 10.0. The Morgan fingerprint density at radius 2 is 2.00 bits per heavy atom. The number of carbonyl (C=O) groups is 1. The molecule has 0 radical (unpaired) electrons. The van der Waals surface area contributed by atoms with Crippen molar-refractivity contribution in [1.29, 1.82) is 0 Å². The van der Waals surface area contributed by atoms with Gasteiger partial charge in [-0.3, -0.25) is 14.9 Å². The third kappa shape index (κ3) is 2.57.